The lowest BCUT2D eigenvalue weighted by Gasteiger charge is -2.33. The van der Waals surface area contributed by atoms with E-state index in [4.69, 9.17) is 5.73 Å². The zero-order chi connectivity index (χ0) is 14.0. The van der Waals surface area contributed by atoms with Crippen molar-refractivity contribution in [1.82, 2.24) is 0 Å². The first kappa shape index (κ1) is 15.3. The topological polar surface area (TPSA) is 26.0 Å². The maximum absolute atomic E-state index is 6.51. The fourth-order valence-corrected chi connectivity index (χ4v) is 5.90. The van der Waals surface area contributed by atoms with Gasteiger partial charge in [0.05, 0.1) is 0 Å². The highest BCUT2D eigenvalue weighted by molar-refractivity contribution is 8.07. The van der Waals surface area contributed by atoms with Crippen LogP contribution in [0.2, 0.25) is 0 Å². The molecule has 1 aromatic carbocycles. The maximum Gasteiger partial charge on any atom is 0.0318 e. The largest absolute Gasteiger partial charge is 0.326 e. The first-order chi connectivity index (χ1) is 8.99. The molecule has 2 rings (SSSR count). The summed E-state index contributed by atoms with van der Waals surface area (Å²) in [7, 11) is 0. The van der Waals surface area contributed by atoms with Gasteiger partial charge < -0.3 is 5.73 Å². The predicted molar refractivity (Wildman–Crippen MR) is 90.5 cm³/mol. The van der Waals surface area contributed by atoms with Crippen LogP contribution in [-0.4, -0.2) is 28.0 Å². The summed E-state index contributed by atoms with van der Waals surface area (Å²) in [6.45, 7) is 8.93. The Kier molecular flexibility index (Phi) is 5.27. The van der Waals surface area contributed by atoms with Crippen LogP contribution < -0.4 is 5.73 Å². The molecule has 3 atom stereocenters. The lowest BCUT2D eigenvalue weighted by Crippen LogP contribution is -2.42. The van der Waals surface area contributed by atoms with E-state index < -0.39 is 0 Å². The van der Waals surface area contributed by atoms with Gasteiger partial charge in [0.2, 0.25) is 0 Å². The standard InChI is InChI=1S/C16H25NS2/c1-10-7-11(2)14(12(3)8-10)9-15(17)16-13(4)18-5-6-19-16/h7-8,13,15-16H,5-6,9,17H2,1-4H3. The first-order valence-electron chi connectivity index (χ1n) is 7.04. The van der Waals surface area contributed by atoms with Gasteiger partial charge in [-0.05, 0) is 43.9 Å². The molecular weight excluding hydrogens is 270 g/mol. The van der Waals surface area contributed by atoms with Crippen LogP contribution in [0.25, 0.3) is 0 Å². The molecular formula is C16H25NS2. The van der Waals surface area contributed by atoms with Crippen LogP contribution in [0, 0.1) is 20.8 Å². The summed E-state index contributed by atoms with van der Waals surface area (Å²) in [5.41, 5.74) is 12.1. The Morgan fingerprint density at radius 2 is 1.74 bits per heavy atom. The molecule has 1 aromatic rings. The van der Waals surface area contributed by atoms with E-state index in [2.05, 4.69) is 63.4 Å². The Morgan fingerprint density at radius 1 is 1.16 bits per heavy atom. The highest BCUT2D eigenvalue weighted by Gasteiger charge is 2.28. The summed E-state index contributed by atoms with van der Waals surface area (Å²) in [6.07, 6.45) is 1.01. The van der Waals surface area contributed by atoms with Crippen molar-refractivity contribution in [2.45, 2.75) is 50.7 Å². The van der Waals surface area contributed by atoms with Gasteiger partial charge in [-0.2, -0.15) is 23.5 Å². The van der Waals surface area contributed by atoms with E-state index in [1.165, 1.54) is 33.8 Å². The average molecular weight is 296 g/mol. The SMILES string of the molecule is Cc1cc(C)c(CC(N)C2SCCSC2C)c(C)c1. The van der Waals surface area contributed by atoms with E-state index in [0.717, 1.165) is 6.42 Å². The fourth-order valence-electron chi connectivity index (χ4n) is 3.00. The predicted octanol–water partition coefficient (Wildman–Crippen LogP) is 3.72. The van der Waals surface area contributed by atoms with Gasteiger partial charge in [-0.25, -0.2) is 0 Å². The number of hydrogen-bond donors (Lipinski definition) is 1. The molecule has 1 aliphatic heterocycles. The Bertz CT molecular complexity index is 421. The van der Waals surface area contributed by atoms with Gasteiger partial charge >= 0.3 is 0 Å². The molecule has 1 fully saturated rings. The lowest BCUT2D eigenvalue weighted by atomic mass is 9.93. The molecule has 1 heterocycles. The van der Waals surface area contributed by atoms with Gasteiger partial charge in [0, 0.05) is 28.0 Å². The highest BCUT2D eigenvalue weighted by Crippen LogP contribution is 2.33. The molecule has 0 radical (unpaired) electrons. The van der Waals surface area contributed by atoms with E-state index in [9.17, 15) is 0 Å². The van der Waals surface area contributed by atoms with Crippen molar-refractivity contribution in [1.29, 1.82) is 0 Å². The van der Waals surface area contributed by atoms with E-state index in [1.54, 1.807) is 0 Å². The van der Waals surface area contributed by atoms with Crippen LogP contribution in [-0.2, 0) is 6.42 Å². The molecule has 1 nitrogen and oxygen atoms in total. The third-order valence-electron chi connectivity index (χ3n) is 3.94. The summed E-state index contributed by atoms with van der Waals surface area (Å²) in [6, 6.07) is 4.83. The smallest absolute Gasteiger partial charge is 0.0318 e. The third kappa shape index (κ3) is 3.71. The van der Waals surface area contributed by atoms with Gasteiger partial charge in [-0.3, -0.25) is 0 Å². The summed E-state index contributed by atoms with van der Waals surface area (Å²) in [4.78, 5) is 0. The van der Waals surface area contributed by atoms with Crippen molar-refractivity contribution in [3.05, 3.63) is 34.4 Å². The van der Waals surface area contributed by atoms with Crippen LogP contribution in [0.5, 0.6) is 0 Å². The van der Waals surface area contributed by atoms with E-state index in [0.29, 0.717) is 10.5 Å². The normalized spacial score (nSPS) is 25.3. The minimum absolute atomic E-state index is 0.271. The Balaban J connectivity index is 2.12. The zero-order valence-electron chi connectivity index (χ0n) is 12.4. The van der Waals surface area contributed by atoms with Crippen molar-refractivity contribution in [3.8, 4) is 0 Å². The van der Waals surface area contributed by atoms with Gasteiger partial charge in [0.1, 0.15) is 0 Å². The third-order valence-corrected chi connectivity index (χ3v) is 7.21. The van der Waals surface area contributed by atoms with Gasteiger partial charge in [-0.15, -0.1) is 0 Å². The quantitative estimate of drug-likeness (QED) is 0.920. The number of nitrogens with two attached hydrogens (primary N) is 1. The van der Waals surface area contributed by atoms with Crippen LogP contribution in [0.4, 0.5) is 0 Å². The van der Waals surface area contributed by atoms with Gasteiger partial charge in [0.15, 0.2) is 0 Å². The van der Waals surface area contributed by atoms with E-state index in [-0.39, 0.29) is 6.04 Å². The molecule has 0 aromatic heterocycles. The minimum atomic E-state index is 0.271. The van der Waals surface area contributed by atoms with E-state index in [1.807, 2.05) is 0 Å². The van der Waals surface area contributed by atoms with Crippen LogP contribution in [0.15, 0.2) is 12.1 Å². The fraction of sp³-hybridized carbons (Fsp3) is 0.625. The summed E-state index contributed by atoms with van der Waals surface area (Å²) in [5, 5.41) is 1.28. The second kappa shape index (κ2) is 6.55. The Labute approximate surface area is 126 Å². The van der Waals surface area contributed by atoms with Crippen molar-refractivity contribution in [3.63, 3.8) is 0 Å². The number of thioether (sulfide) groups is 2. The number of rotatable bonds is 3. The lowest BCUT2D eigenvalue weighted by molar-refractivity contribution is 0.619. The number of aryl methyl sites for hydroxylation is 3. The maximum atomic E-state index is 6.51. The van der Waals surface area contributed by atoms with Crippen LogP contribution in [0.3, 0.4) is 0 Å². The number of benzene rings is 1. The molecule has 0 bridgehead atoms. The van der Waals surface area contributed by atoms with Gasteiger partial charge in [0.25, 0.3) is 0 Å². The molecule has 106 valence electrons. The van der Waals surface area contributed by atoms with Gasteiger partial charge in [-0.1, -0.05) is 24.6 Å². The first-order valence-corrected chi connectivity index (χ1v) is 9.14. The molecule has 3 unspecified atom stereocenters. The molecule has 0 amide bonds. The van der Waals surface area contributed by atoms with Crippen LogP contribution >= 0.6 is 23.5 Å². The molecule has 1 aliphatic rings. The molecule has 0 spiro atoms. The van der Waals surface area contributed by atoms with Crippen LogP contribution in [0.1, 0.15) is 29.2 Å². The Morgan fingerprint density at radius 3 is 2.32 bits per heavy atom. The molecule has 2 N–H and O–H groups in total. The molecule has 0 saturated carbocycles. The Hall–Kier alpha value is -0.120. The average Bonchev–Trinajstić information content (AvgIpc) is 2.34. The van der Waals surface area contributed by atoms with E-state index >= 15 is 0 Å². The highest BCUT2D eigenvalue weighted by atomic mass is 32.2. The monoisotopic (exact) mass is 295 g/mol. The van der Waals surface area contributed by atoms with Crippen molar-refractivity contribution >= 4 is 23.5 Å². The second-order valence-electron chi connectivity index (χ2n) is 5.66. The summed E-state index contributed by atoms with van der Waals surface area (Å²) < 4.78 is 0. The molecule has 3 heteroatoms. The molecule has 1 saturated heterocycles. The minimum Gasteiger partial charge on any atom is -0.326 e. The summed E-state index contributed by atoms with van der Waals surface area (Å²) >= 11 is 4.14. The van der Waals surface area contributed by atoms with Crippen molar-refractivity contribution < 1.29 is 0 Å². The van der Waals surface area contributed by atoms with Crippen molar-refractivity contribution in [2.24, 2.45) is 5.73 Å². The summed E-state index contributed by atoms with van der Waals surface area (Å²) in [5.74, 6) is 2.52. The van der Waals surface area contributed by atoms with Crippen molar-refractivity contribution in [2.75, 3.05) is 11.5 Å². The zero-order valence-corrected chi connectivity index (χ0v) is 14.0. The molecule has 19 heavy (non-hydrogen) atoms. The molecule has 0 aliphatic carbocycles. The number of hydrogen-bond acceptors (Lipinski definition) is 3. The second-order valence-corrected chi connectivity index (χ2v) is 8.43.